The van der Waals surface area contributed by atoms with Crippen molar-refractivity contribution < 1.29 is 9.50 Å². The third kappa shape index (κ3) is 3.79. The largest absolute Gasteiger partial charge is 0.389 e. The number of hydrogen-bond acceptors (Lipinski definition) is 3. The lowest BCUT2D eigenvalue weighted by molar-refractivity contribution is 0.199. The molecule has 2 aromatic rings. The summed E-state index contributed by atoms with van der Waals surface area (Å²) in [5.41, 5.74) is 3.07. The molecule has 0 unspecified atom stereocenters. The molecule has 1 N–H and O–H groups in total. The molecular formula is C17H21FN2O. The van der Waals surface area contributed by atoms with Crippen LogP contribution < -0.4 is 4.90 Å². The number of pyridine rings is 1. The quantitative estimate of drug-likeness (QED) is 0.917. The third-order valence-electron chi connectivity index (χ3n) is 3.60. The summed E-state index contributed by atoms with van der Waals surface area (Å²) in [6.45, 7) is 4.14. The van der Waals surface area contributed by atoms with Gasteiger partial charge in [-0.3, -0.25) is 4.98 Å². The van der Waals surface area contributed by atoms with Crippen molar-refractivity contribution in [2.75, 3.05) is 18.5 Å². The summed E-state index contributed by atoms with van der Waals surface area (Å²) in [6.07, 6.45) is 1.87. The Kier molecular flexibility index (Phi) is 4.91. The molecule has 21 heavy (non-hydrogen) atoms. The lowest BCUT2D eigenvalue weighted by atomic mass is 10.0. The van der Waals surface area contributed by atoms with Gasteiger partial charge in [-0.2, -0.15) is 0 Å². The van der Waals surface area contributed by atoms with Crippen molar-refractivity contribution >= 4 is 5.69 Å². The van der Waals surface area contributed by atoms with Crippen LogP contribution in [0.15, 0.2) is 36.5 Å². The van der Waals surface area contributed by atoms with Gasteiger partial charge in [0.1, 0.15) is 5.82 Å². The highest BCUT2D eigenvalue weighted by Crippen LogP contribution is 2.28. The molecule has 0 radical (unpaired) electrons. The number of hydrogen-bond donors (Lipinski definition) is 1. The summed E-state index contributed by atoms with van der Waals surface area (Å²) in [5, 5.41) is 9.85. The van der Waals surface area contributed by atoms with Gasteiger partial charge in [0, 0.05) is 43.2 Å². The number of rotatable bonds is 5. The highest BCUT2D eigenvalue weighted by molar-refractivity contribution is 5.56. The second-order valence-electron chi connectivity index (χ2n) is 5.33. The van der Waals surface area contributed by atoms with Gasteiger partial charge in [0.25, 0.3) is 0 Å². The molecule has 1 aromatic carbocycles. The summed E-state index contributed by atoms with van der Waals surface area (Å²) < 4.78 is 13.7. The normalized spacial score (nSPS) is 12.2. The lowest BCUT2D eigenvalue weighted by Crippen LogP contribution is -2.22. The first-order valence-electron chi connectivity index (χ1n) is 7.08. The first-order valence-corrected chi connectivity index (χ1v) is 7.08. The van der Waals surface area contributed by atoms with Gasteiger partial charge in [-0.25, -0.2) is 4.39 Å². The molecule has 1 heterocycles. The molecule has 2 rings (SSSR count). The van der Waals surface area contributed by atoms with Crippen molar-refractivity contribution in [1.29, 1.82) is 0 Å². The maximum atomic E-state index is 13.7. The monoisotopic (exact) mass is 288 g/mol. The number of aliphatic hydroxyl groups is 1. The lowest BCUT2D eigenvalue weighted by Gasteiger charge is -2.24. The van der Waals surface area contributed by atoms with Crippen LogP contribution in [0.5, 0.6) is 0 Å². The minimum atomic E-state index is -0.701. The van der Waals surface area contributed by atoms with E-state index in [2.05, 4.69) is 4.98 Å². The van der Waals surface area contributed by atoms with Gasteiger partial charge in [-0.1, -0.05) is 6.07 Å². The topological polar surface area (TPSA) is 36.4 Å². The molecule has 0 aliphatic rings. The zero-order chi connectivity index (χ0) is 15.4. The molecule has 4 heteroatoms. The van der Waals surface area contributed by atoms with Crippen molar-refractivity contribution in [2.45, 2.75) is 26.4 Å². The van der Waals surface area contributed by atoms with Crippen LogP contribution in [0.1, 0.15) is 29.8 Å². The zero-order valence-electron chi connectivity index (χ0n) is 12.7. The Balaban J connectivity index is 2.18. The van der Waals surface area contributed by atoms with E-state index in [1.165, 1.54) is 6.07 Å². The Morgan fingerprint density at radius 3 is 2.71 bits per heavy atom. The Hall–Kier alpha value is -1.94. The Morgan fingerprint density at radius 2 is 2.10 bits per heavy atom. The van der Waals surface area contributed by atoms with E-state index in [0.29, 0.717) is 11.1 Å². The Labute approximate surface area is 125 Å². The summed E-state index contributed by atoms with van der Waals surface area (Å²) >= 11 is 0. The van der Waals surface area contributed by atoms with Gasteiger partial charge in [0.05, 0.1) is 6.10 Å². The van der Waals surface area contributed by atoms with E-state index in [9.17, 15) is 9.50 Å². The molecular weight excluding hydrogens is 267 g/mol. The second-order valence-corrected chi connectivity index (χ2v) is 5.33. The van der Waals surface area contributed by atoms with Crippen molar-refractivity contribution in [3.05, 3.63) is 59.2 Å². The van der Waals surface area contributed by atoms with Crippen LogP contribution in [-0.2, 0) is 6.42 Å². The van der Waals surface area contributed by atoms with E-state index in [0.717, 1.165) is 24.3 Å². The first kappa shape index (κ1) is 15.4. The van der Waals surface area contributed by atoms with Crippen molar-refractivity contribution in [3.63, 3.8) is 0 Å². The number of aromatic nitrogens is 1. The van der Waals surface area contributed by atoms with Crippen LogP contribution in [0.2, 0.25) is 0 Å². The van der Waals surface area contributed by atoms with Gasteiger partial charge in [0.2, 0.25) is 0 Å². The molecule has 0 amide bonds. The van der Waals surface area contributed by atoms with E-state index in [-0.39, 0.29) is 5.82 Å². The number of halogens is 1. The molecule has 0 spiro atoms. The average Bonchev–Trinajstić information content (AvgIpc) is 2.48. The van der Waals surface area contributed by atoms with Crippen LogP contribution in [0, 0.1) is 12.7 Å². The highest BCUT2D eigenvalue weighted by atomic mass is 19.1. The average molecular weight is 288 g/mol. The number of aliphatic hydroxyl groups excluding tert-OH is 1. The van der Waals surface area contributed by atoms with Gasteiger partial charge in [-0.05, 0) is 43.7 Å². The number of nitrogens with zero attached hydrogens (tertiary/aromatic N) is 2. The third-order valence-corrected chi connectivity index (χ3v) is 3.60. The maximum Gasteiger partial charge on any atom is 0.126 e. The highest BCUT2D eigenvalue weighted by Gasteiger charge is 2.15. The van der Waals surface area contributed by atoms with Crippen LogP contribution in [0.3, 0.4) is 0 Å². The predicted molar refractivity (Wildman–Crippen MR) is 83.0 cm³/mol. The van der Waals surface area contributed by atoms with E-state index in [4.69, 9.17) is 0 Å². The fourth-order valence-electron chi connectivity index (χ4n) is 2.30. The predicted octanol–water partition coefficient (Wildman–Crippen LogP) is 3.26. The van der Waals surface area contributed by atoms with Gasteiger partial charge < -0.3 is 10.0 Å². The molecule has 0 aliphatic heterocycles. The van der Waals surface area contributed by atoms with E-state index in [1.54, 1.807) is 26.1 Å². The standard InChI is InChI=1S/C17H21FN2O/c1-12-10-17(15(13(2)21)11-16(12)18)20(3)9-7-14-6-4-5-8-19-14/h4-6,8,10-11,13,21H,7,9H2,1-3H3/t13-/m0/s1. The van der Waals surface area contributed by atoms with Gasteiger partial charge >= 0.3 is 0 Å². The number of benzene rings is 1. The Morgan fingerprint density at radius 1 is 1.33 bits per heavy atom. The van der Waals surface area contributed by atoms with Crippen LogP contribution >= 0.6 is 0 Å². The zero-order valence-corrected chi connectivity index (χ0v) is 12.7. The molecule has 0 bridgehead atoms. The van der Waals surface area contributed by atoms with E-state index >= 15 is 0 Å². The molecule has 1 atom stereocenters. The fraction of sp³-hybridized carbons (Fsp3) is 0.353. The minimum Gasteiger partial charge on any atom is -0.389 e. The fourth-order valence-corrected chi connectivity index (χ4v) is 2.30. The van der Waals surface area contributed by atoms with Gasteiger partial charge in [0.15, 0.2) is 0 Å². The maximum absolute atomic E-state index is 13.7. The number of aryl methyl sites for hydroxylation is 1. The van der Waals surface area contributed by atoms with Crippen LogP contribution in [0.25, 0.3) is 0 Å². The van der Waals surface area contributed by atoms with Gasteiger partial charge in [-0.15, -0.1) is 0 Å². The molecule has 1 aromatic heterocycles. The molecule has 0 fully saturated rings. The van der Waals surface area contributed by atoms with Crippen LogP contribution in [0.4, 0.5) is 10.1 Å². The number of anilines is 1. The molecule has 3 nitrogen and oxygen atoms in total. The van der Waals surface area contributed by atoms with Crippen molar-refractivity contribution in [1.82, 2.24) is 4.98 Å². The molecule has 0 aliphatic carbocycles. The smallest absolute Gasteiger partial charge is 0.126 e. The minimum absolute atomic E-state index is 0.284. The molecule has 112 valence electrons. The van der Waals surface area contributed by atoms with Crippen molar-refractivity contribution in [2.24, 2.45) is 0 Å². The summed E-state index contributed by atoms with van der Waals surface area (Å²) in [6, 6.07) is 9.05. The molecule has 0 saturated carbocycles. The first-order chi connectivity index (χ1) is 9.99. The molecule has 0 saturated heterocycles. The van der Waals surface area contributed by atoms with Crippen LogP contribution in [-0.4, -0.2) is 23.7 Å². The SMILES string of the molecule is Cc1cc(N(C)CCc2ccccn2)c([C@H](C)O)cc1F. The summed E-state index contributed by atoms with van der Waals surface area (Å²) in [7, 11) is 1.95. The van der Waals surface area contributed by atoms with E-state index in [1.807, 2.05) is 30.1 Å². The Bertz CT molecular complexity index is 599. The summed E-state index contributed by atoms with van der Waals surface area (Å²) in [4.78, 5) is 6.33. The van der Waals surface area contributed by atoms with Crippen molar-refractivity contribution in [3.8, 4) is 0 Å². The number of likely N-dealkylation sites (N-methyl/N-ethyl adjacent to an activating group) is 1. The van der Waals surface area contributed by atoms with E-state index < -0.39 is 6.10 Å². The second kappa shape index (κ2) is 6.68. The summed E-state index contributed by atoms with van der Waals surface area (Å²) in [5.74, 6) is -0.284.